The van der Waals surface area contributed by atoms with Crippen LogP contribution in [0.2, 0.25) is 0 Å². The van der Waals surface area contributed by atoms with Crippen LogP contribution >= 0.6 is 0 Å². The highest BCUT2D eigenvalue weighted by molar-refractivity contribution is 5.98. The van der Waals surface area contributed by atoms with Gasteiger partial charge in [0.15, 0.2) is 17.3 Å². The first-order valence-electron chi connectivity index (χ1n) is 10.5. The topological polar surface area (TPSA) is 86.8 Å². The maximum absolute atomic E-state index is 12.4. The van der Waals surface area contributed by atoms with Crippen LogP contribution in [0.4, 0.5) is 0 Å². The van der Waals surface area contributed by atoms with Crippen molar-refractivity contribution in [2.75, 3.05) is 13.2 Å². The lowest BCUT2D eigenvalue weighted by Gasteiger charge is -2.18. The molecule has 0 unspecified atom stereocenters. The number of ketones is 1. The number of hydrogen-bond donors (Lipinski definition) is 1. The van der Waals surface area contributed by atoms with E-state index >= 15 is 0 Å². The number of nitrogens with zero attached hydrogens (tertiary/aromatic N) is 1. The van der Waals surface area contributed by atoms with Crippen LogP contribution in [-0.4, -0.2) is 29.9 Å². The molecule has 7 heteroatoms. The molecule has 0 spiro atoms. The van der Waals surface area contributed by atoms with Crippen LogP contribution in [0.25, 0.3) is 0 Å². The van der Waals surface area contributed by atoms with Gasteiger partial charge in [0.2, 0.25) is 5.91 Å². The van der Waals surface area contributed by atoms with Crippen LogP contribution in [-0.2, 0) is 17.9 Å². The lowest BCUT2D eigenvalue weighted by molar-refractivity contribution is -0.121. The Morgan fingerprint density at radius 3 is 2.66 bits per heavy atom. The summed E-state index contributed by atoms with van der Waals surface area (Å²) in [6.07, 6.45) is 1.96. The quantitative estimate of drug-likeness (QED) is 0.519. The van der Waals surface area contributed by atoms with E-state index in [9.17, 15) is 9.59 Å². The zero-order valence-corrected chi connectivity index (χ0v) is 17.6. The van der Waals surface area contributed by atoms with Crippen molar-refractivity contribution in [2.45, 2.75) is 26.0 Å². The van der Waals surface area contributed by atoms with Gasteiger partial charge in [0, 0.05) is 31.1 Å². The Kier molecular flexibility index (Phi) is 6.97. The zero-order chi connectivity index (χ0) is 22.2. The molecular weight excluding hydrogens is 408 g/mol. The molecule has 0 bridgehead atoms. The van der Waals surface area contributed by atoms with E-state index < -0.39 is 0 Å². The van der Waals surface area contributed by atoms with Gasteiger partial charge in [-0.2, -0.15) is 0 Å². The monoisotopic (exact) mass is 432 g/mol. The number of carbonyl (C=O) groups excluding carboxylic acids is 2. The summed E-state index contributed by atoms with van der Waals surface area (Å²) < 4.78 is 16.7. The van der Waals surface area contributed by atoms with Crippen LogP contribution in [0.1, 0.15) is 34.5 Å². The predicted octanol–water partition coefficient (Wildman–Crippen LogP) is 3.71. The fourth-order valence-electron chi connectivity index (χ4n) is 3.26. The molecule has 3 aromatic rings. The first-order chi connectivity index (χ1) is 15.7. The van der Waals surface area contributed by atoms with Crippen molar-refractivity contribution in [3.8, 4) is 17.2 Å². The van der Waals surface area contributed by atoms with E-state index in [-0.39, 0.29) is 24.5 Å². The van der Waals surface area contributed by atoms with E-state index in [0.717, 1.165) is 11.3 Å². The molecule has 1 aromatic heterocycles. The van der Waals surface area contributed by atoms with Crippen molar-refractivity contribution in [3.05, 3.63) is 83.7 Å². The summed E-state index contributed by atoms with van der Waals surface area (Å²) in [5, 5.41) is 2.85. The number of rotatable bonds is 9. The Labute approximate surface area is 186 Å². The van der Waals surface area contributed by atoms with Gasteiger partial charge < -0.3 is 19.5 Å². The van der Waals surface area contributed by atoms with Crippen molar-refractivity contribution in [2.24, 2.45) is 0 Å². The van der Waals surface area contributed by atoms with Crippen LogP contribution < -0.4 is 19.5 Å². The van der Waals surface area contributed by atoms with Crippen LogP contribution in [0.15, 0.2) is 66.9 Å². The highest BCUT2D eigenvalue weighted by Crippen LogP contribution is 2.31. The van der Waals surface area contributed by atoms with Crippen molar-refractivity contribution in [3.63, 3.8) is 0 Å². The molecule has 0 atom stereocenters. The summed E-state index contributed by atoms with van der Waals surface area (Å²) in [6.45, 7) is 1.69. The average Bonchev–Trinajstić information content (AvgIpc) is 2.85. The summed E-state index contributed by atoms with van der Waals surface area (Å²) in [6, 6.07) is 18.3. The Morgan fingerprint density at radius 2 is 1.81 bits per heavy atom. The molecule has 4 rings (SSSR count). The number of aromatic nitrogens is 1. The van der Waals surface area contributed by atoms with Crippen LogP contribution in [0.5, 0.6) is 17.2 Å². The second kappa shape index (κ2) is 10.4. The Bertz CT molecular complexity index is 1080. The molecule has 1 amide bonds. The van der Waals surface area contributed by atoms with E-state index in [1.54, 1.807) is 24.4 Å². The third kappa shape index (κ3) is 5.85. The number of carbonyl (C=O) groups is 2. The summed E-state index contributed by atoms with van der Waals surface area (Å²) in [4.78, 5) is 28.9. The van der Waals surface area contributed by atoms with Gasteiger partial charge in [-0.15, -0.1) is 0 Å². The van der Waals surface area contributed by atoms with Gasteiger partial charge >= 0.3 is 0 Å². The fourth-order valence-corrected chi connectivity index (χ4v) is 3.26. The van der Waals surface area contributed by atoms with Crippen molar-refractivity contribution < 1.29 is 23.8 Å². The summed E-state index contributed by atoms with van der Waals surface area (Å²) in [7, 11) is 0. The summed E-state index contributed by atoms with van der Waals surface area (Å²) >= 11 is 0. The Balaban J connectivity index is 1.23. The van der Waals surface area contributed by atoms with Gasteiger partial charge in [-0.25, -0.2) is 0 Å². The molecule has 0 fully saturated rings. The minimum Gasteiger partial charge on any atom is -0.487 e. The molecule has 164 valence electrons. The van der Waals surface area contributed by atoms with Gasteiger partial charge in [-0.3, -0.25) is 14.6 Å². The number of Topliss-reactive ketones (excluding diaryl/α,β-unsaturated/α-hetero) is 1. The second-order valence-corrected chi connectivity index (χ2v) is 7.32. The van der Waals surface area contributed by atoms with Crippen molar-refractivity contribution in [1.29, 1.82) is 0 Å². The van der Waals surface area contributed by atoms with Crippen LogP contribution in [0, 0.1) is 0 Å². The van der Waals surface area contributed by atoms with E-state index in [2.05, 4.69) is 10.3 Å². The summed E-state index contributed by atoms with van der Waals surface area (Å²) in [5.41, 5.74) is 2.27. The number of pyridine rings is 1. The SMILES string of the molecule is O=C(CCC(=O)c1ccc2c(c1)OCCO2)NCc1cccc(OCc2ccccn2)c1. The maximum Gasteiger partial charge on any atom is 0.220 e. The zero-order valence-electron chi connectivity index (χ0n) is 17.6. The highest BCUT2D eigenvalue weighted by atomic mass is 16.6. The maximum atomic E-state index is 12.4. The molecular formula is C25H24N2O5. The Hall–Kier alpha value is -3.87. The molecule has 0 aliphatic carbocycles. The molecule has 1 N–H and O–H groups in total. The van der Waals surface area contributed by atoms with Gasteiger partial charge in [-0.1, -0.05) is 18.2 Å². The predicted molar refractivity (Wildman–Crippen MR) is 118 cm³/mol. The molecule has 0 radical (unpaired) electrons. The van der Waals surface area contributed by atoms with Gasteiger partial charge in [0.05, 0.1) is 5.69 Å². The first-order valence-corrected chi connectivity index (χ1v) is 10.5. The smallest absolute Gasteiger partial charge is 0.220 e. The van der Waals surface area contributed by atoms with E-state index in [0.29, 0.717) is 49.2 Å². The van der Waals surface area contributed by atoms with Gasteiger partial charge in [0.1, 0.15) is 25.6 Å². The van der Waals surface area contributed by atoms with E-state index in [4.69, 9.17) is 14.2 Å². The molecule has 0 saturated carbocycles. The van der Waals surface area contributed by atoms with Crippen molar-refractivity contribution in [1.82, 2.24) is 10.3 Å². The standard InChI is InChI=1S/C25H24N2O5/c28-22(19-7-9-23-24(15-19)31-13-12-30-23)8-10-25(29)27-16-18-4-3-6-21(14-18)32-17-20-5-1-2-11-26-20/h1-7,9,11,14-15H,8,10,12-13,16-17H2,(H,27,29). The number of hydrogen-bond acceptors (Lipinski definition) is 6. The third-order valence-electron chi connectivity index (χ3n) is 4.94. The largest absolute Gasteiger partial charge is 0.487 e. The molecule has 7 nitrogen and oxygen atoms in total. The number of fused-ring (bicyclic) bond motifs is 1. The minimum atomic E-state index is -0.185. The first kappa shape index (κ1) is 21.4. The molecule has 2 heterocycles. The van der Waals surface area contributed by atoms with Gasteiger partial charge in [-0.05, 0) is 48.0 Å². The normalized spacial score (nSPS) is 12.1. The number of ether oxygens (including phenoxy) is 3. The average molecular weight is 432 g/mol. The second-order valence-electron chi connectivity index (χ2n) is 7.32. The van der Waals surface area contributed by atoms with Gasteiger partial charge in [0.25, 0.3) is 0 Å². The van der Waals surface area contributed by atoms with Crippen LogP contribution in [0.3, 0.4) is 0 Å². The lowest BCUT2D eigenvalue weighted by Crippen LogP contribution is -2.23. The number of benzene rings is 2. The molecule has 32 heavy (non-hydrogen) atoms. The fraction of sp³-hybridized carbons (Fsp3) is 0.240. The number of amides is 1. The highest BCUT2D eigenvalue weighted by Gasteiger charge is 2.15. The van der Waals surface area contributed by atoms with E-state index in [1.165, 1.54) is 0 Å². The molecule has 0 saturated heterocycles. The summed E-state index contributed by atoms with van der Waals surface area (Å²) in [5.74, 6) is 1.61. The molecule has 1 aliphatic rings. The molecule has 1 aliphatic heterocycles. The lowest BCUT2D eigenvalue weighted by atomic mass is 10.1. The minimum absolute atomic E-state index is 0.109. The molecule has 2 aromatic carbocycles. The van der Waals surface area contributed by atoms with E-state index in [1.807, 2.05) is 42.5 Å². The Morgan fingerprint density at radius 1 is 0.938 bits per heavy atom. The third-order valence-corrected chi connectivity index (χ3v) is 4.94. The number of nitrogens with one attached hydrogen (secondary N) is 1. The van der Waals surface area contributed by atoms with Crippen molar-refractivity contribution >= 4 is 11.7 Å².